The third-order valence-electron chi connectivity index (χ3n) is 1.57. The summed E-state index contributed by atoms with van der Waals surface area (Å²) in [6, 6.07) is 6.39. The number of carbonyl (C=O) groups is 1. The van der Waals surface area contributed by atoms with Crippen LogP contribution in [-0.2, 0) is 4.79 Å². The fourth-order valence-corrected chi connectivity index (χ4v) is 1.81. The molecule has 1 aromatic carbocycles. The molecule has 1 unspecified atom stereocenters. The van der Waals surface area contributed by atoms with Gasteiger partial charge in [0.25, 0.3) is 5.69 Å². The number of carbonyl (C=O) groups excluding carboxylic acids is 1. The molecular weight excluding hydrogens is 202 g/mol. The van der Waals surface area contributed by atoms with Crippen LogP contribution >= 0.6 is 11.8 Å². The summed E-state index contributed by atoms with van der Waals surface area (Å²) in [4.78, 5) is 21.1. The van der Waals surface area contributed by atoms with Crippen LogP contribution in [0.5, 0.6) is 0 Å². The van der Waals surface area contributed by atoms with Gasteiger partial charge in [-0.25, -0.2) is 0 Å². The van der Waals surface area contributed by atoms with E-state index in [4.69, 9.17) is 0 Å². The molecule has 0 radical (unpaired) electrons. The number of aldehydes is 1. The predicted octanol–water partition coefficient (Wildman–Crippen LogP) is 2.27. The van der Waals surface area contributed by atoms with Crippen molar-refractivity contribution >= 4 is 23.7 Å². The van der Waals surface area contributed by atoms with E-state index in [0.717, 1.165) is 6.29 Å². The van der Waals surface area contributed by atoms with Crippen LogP contribution in [0.3, 0.4) is 0 Å². The maximum Gasteiger partial charge on any atom is 0.282 e. The van der Waals surface area contributed by atoms with Crippen molar-refractivity contribution in [2.75, 3.05) is 0 Å². The molecule has 5 heteroatoms. The highest BCUT2D eigenvalue weighted by molar-refractivity contribution is 8.00. The zero-order valence-corrected chi connectivity index (χ0v) is 8.36. The number of nitrogens with zero attached hydrogens (tertiary/aromatic N) is 1. The van der Waals surface area contributed by atoms with Gasteiger partial charge in [-0.15, -0.1) is 11.8 Å². The Morgan fingerprint density at radius 3 is 2.71 bits per heavy atom. The third-order valence-corrected chi connectivity index (χ3v) is 2.65. The number of benzene rings is 1. The molecule has 1 rings (SSSR count). The number of para-hydroxylation sites is 1. The SMILES string of the molecule is CC(C=O)Sc1ccccc1[N+](=O)[O-]. The summed E-state index contributed by atoms with van der Waals surface area (Å²) in [6.07, 6.45) is 0.765. The van der Waals surface area contributed by atoms with Crippen LogP contribution in [0.25, 0.3) is 0 Å². The largest absolute Gasteiger partial charge is 0.302 e. The normalized spacial score (nSPS) is 12.1. The van der Waals surface area contributed by atoms with Gasteiger partial charge in [-0.3, -0.25) is 10.1 Å². The first-order valence-corrected chi connectivity index (χ1v) is 4.88. The van der Waals surface area contributed by atoms with Gasteiger partial charge < -0.3 is 4.79 Å². The van der Waals surface area contributed by atoms with Crippen LogP contribution in [-0.4, -0.2) is 16.5 Å². The summed E-state index contributed by atoms with van der Waals surface area (Å²) >= 11 is 1.19. The number of hydrogen-bond donors (Lipinski definition) is 0. The summed E-state index contributed by atoms with van der Waals surface area (Å²) < 4.78 is 0. The predicted molar refractivity (Wildman–Crippen MR) is 54.5 cm³/mol. The lowest BCUT2D eigenvalue weighted by molar-refractivity contribution is -0.387. The summed E-state index contributed by atoms with van der Waals surface area (Å²) in [6.45, 7) is 1.70. The van der Waals surface area contributed by atoms with E-state index >= 15 is 0 Å². The fraction of sp³-hybridized carbons (Fsp3) is 0.222. The van der Waals surface area contributed by atoms with Gasteiger partial charge in [0.1, 0.15) is 6.29 Å². The van der Waals surface area contributed by atoms with E-state index in [1.54, 1.807) is 25.1 Å². The smallest absolute Gasteiger partial charge is 0.282 e. The molecule has 0 N–H and O–H groups in total. The lowest BCUT2D eigenvalue weighted by Gasteiger charge is -2.03. The Bertz CT molecular complexity index is 354. The maximum absolute atomic E-state index is 10.6. The van der Waals surface area contributed by atoms with Crippen molar-refractivity contribution in [3.8, 4) is 0 Å². The Kier molecular flexibility index (Phi) is 3.64. The Labute approximate surface area is 85.5 Å². The van der Waals surface area contributed by atoms with Crippen molar-refractivity contribution in [3.05, 3.63) is 34.4 Å². The summed E-state index contributed by atoms with van der Waals surface area (Å²) in [5.41, 5.74) is 0.0474. The van der Waals surface area contributed by atoms with Crippen molar-refractivity contribution in [2.24, 2.45) is 0 Å². The Morgan fingerprint density at radius 1 is 1.50 bits per heavy atom. The quantitative estimate of drug-likeness (QED) is 0.332. The van der Waals surface area contributed by atoms with Gasteiger partial charge in [-0.2, -0.15) is 0 Å². The van der Waals surface area contributed by atoms with Crippen LogP contribution in [0, 0.1) is 10.1 Å². The van der Waals surface area contributed by atoms with Crippen molar-refractivity contribution in [2.45, 2.75) is 17.1 Å². The monoisotopic (exact) mass is 211 g/mol. The molecule has 0 aromatic heterocycles. The summed E-state index contributed by atoms with van der Waals surface area (Å²) in [5, 5.41) is 10.3. The molecule has 0 amide bonds. The summed E-state index contributed by atoms with van der Waals surface area (Å²) in [7, 11) is 0. The van der Waals surface area contributed by atoms with Crippen molar-refractivity contribution in [3.63, 3.8) is 0 Å². The van der Waals surface area contributed by atoms with Crippen LogP contribution in [0.4, 0.5) is 5.69 Å². The zero-order valence-electron chi connectivity index (χ0n) is 7.54. The van der Waals surface area contributed by atoms with Crippen LogP contribution in [0.15, 0.2) is 29.2 Å². The Balaban J connectivity index is 2.95. The first-order chi connectivity index (χ1) is 6.65. The van der Waals surface area contributed by atoms with Crippen molar-refractivity contribution in [1.82, 2.24) is 0 Å². The molecule has 14 heavy (non-hydrogen) atoms. The van der Waals surface area contributed by atoms with Crippen molar-refractivity contribution in [1.29, 1.82) is 0 Å². The minimum absolute atomic E-state index is 0.0474. The molecular formula is C9H9NO3S. The minimum atomic E-state index is -0.445. The molecule has 1 atom stereocenters. The standard InChI is InChI=1S/C9H9NO3S/c1-7(6-11)14-9-5-3-2-4-8(9)10(12)13/h2-7H,1H3. The zero-order chi connectivity index (χ0) is 10.6. The van der Waals surface area contributed by atoms with Gasteiger partial charge in [0.05, 0.1) is 15.1 Å². The van der Waals surface area contributed by atoms with Crippen LogP contribution in [0.2, 0.25) is 0 Å². The second-order valence-electron chi connectivity index (χ2n) is 2.68. The molecule has 0 bridgehead atoms. The second kappa shape index (κ2) is 4.76. The maximum atomic E-state index is 10.6. The minimum Gasteiger partial charge on any atom is -0.302 e. The van der Waals surface area contributed by atoms with Gasteiger partial charge in [-0.05, 0) is 13.0 Å². The number of rotatable bonds is 4. The van der Waals surface area contributed by atoms with Gasteiger partial charge in [-0.1, -0.05) is 12.1 Å². The first-order valence-electron chi connectivity index (χ1n) is 4.00. The highest BCUT2D eigenvalue weighted by atomic mass is 32.2. The lowest BCUT2D eigenvalue weighted by Crippen LogP contribution is -1.98. The summed E-state index contributed by atoms with van der Waals surface area (Å²) in [5.74, 6) is 0. The molecule has 0 spiro atoms. The van der Waals surface area contributed by atoms with Gasteiger partial charge in [0, 0.05) is 6.07 Å². The van der Waals surface area contributed by atoms with E-state index in [1.807, 2.05) is 0 Å². The molecule has 0 heterocycles. The van der Waals surface area contributed by atoms with Crippen LogP contribution in [0.1, 0.15) is 6.92 Å². The molecule has 74 valence electrons. The second-order valence-corrected chi connectivity index (χ2v) is 4.10. The first kappa shape index (κ1) is 10.7. The number of hydrogen-bond acceptors (Lipinski definition) is 4. The molecule has 0 saturated carbocycles. The van der Waals surface area contributed by atoms with Gasteiger partial charge in [0.2, 0.25) is 0 Å². The molecule has 0 aliphatic carbocycles. The van der Waals surface area contributed by atoms with E-state index in [-0.39, 0.29) is 10.9 Å². The highest BCUT2D eigenvalue weighted by Gasteiger charge is 2.14. The molecule has 1 aromatic rings. The Morgan fingerprint density at radius 2 is 2.14 bits per heavy atom. The molecule has 0 aliphatic rings. The average Bonchev–Trinajstić information content (AvgIpc) is 2.18. The highest BCUT2D eigenvalue weighted by Crippen LogP contribution is 2.30. The van der Waals surface area contributed by atoms with E-state index in [9.17, 15) is 14.9 Å². The third kappa shape index (κ3) is 2.56. The molecule has 4 nitrogen and oxygen atoms in total. The molecule has 0 fully saturated rings. The number of nitro groups is 1. The number of thioether (sulfide) groups is 1. The van der Waals surface area contributed by atoms with E-state index in [0.29, 0.717) is 4.90 Å². The van der Waals surface area contributed by atoms with E-state index in [2.05, 4.69) is 0 Å². The van der Waals surface area contributed by atoms with Gasteiger partial charge >= 0.3 is 0 Å². The molecule has 0 saturated heterocycles. The molecule has 0 aliphatic heterocycles. The Hall–Kier alpha value is -1.36. The number of nitro benzene ring substituents is 1. The van der Waals surface area contributed by atoms with E-state index in [1.165, 1.54) is 17.8 Å². The fourth-order valence-electron chi connectivity index (χ4n) is 0.936. The van der Waals surface area contributed by atoms with E-state index < -0.39 is 4.92 Å². The average molecular weight is 211 g/mol. The topological polar surface area (TPSA) is 60.2 Å². The lowest BCUT2D eigenvalue weighted by atomic mass is 10.3. The van der Waals surface area contributed by atoms with Crippen molar-refractivity contribution < 1.29 is 9.72 Å². The van der Waals surface area contributed by atoms with Gasteiger partial charge in [0.15, 0.2) is 0 Å². The van der Waals surface area contributed by atoms with Crippen LogP contribution < -0.4 is 0 Å².